The fourth-order valence-corrected chi connectivity index (χ4v) is 6.17. The van der Waals surface area contributed by atoms with Crippen LogP contribution < -0.4 is 9.62 Å². The molecule has 0 spiro atoms. The predicted octanol–water partition coefficient (Wildman–Crippen LogP) is 5.22. The number of sulfonamides is 1. The van der Waals surface area contributed by atoms with E-state index in [2.05, 4.69) is 5.32 Å². The molecule has 2 aromatic carbocycles. The highest BCUT2D eigenvalue weighted by atomic mass is 35.5. The van der Waals surface area contributed by atoms with Crippen molar-refractivity contribution in [3.05, 3.63) is 63.5 Å². The number of hydrogen-bond donors (Lipinski definition) is 2. The summed E-state index contributed by atoms with van der Waals surface area (Å²) in [5.41, 5.74) is 1.34. The molecule has 4 rings (SSSR count). The quantitative estimate of drug-likeness (QED) is 0.499. The smallest absolute Gasteiger partial charge is 0.265 e. The van der Waals surface area contributed by atoms with Gasteiger partial charge in [0.25, 0.3) is 5.91 Å². The molecule has 1 fully saturated rings. The SMILES string of the molecule is O=C(Nc1cc(N2CCCS2(=O)=O)ccc1O)c1ccc(-c2cc(Cl)cc(Cl)c2)s1. The van der Waals surface area contributed by atoms with Gasteiger partial charge in [0.2, 0.25) is 10.0 Å². The molecule has 1 aliphatic rings. The van der Waals surface area contributed by atoms with Gasteiger partial charge in [-0.3, -0.25) is 9.10 Å². The first-order chi connectivity index (χ1) is 14.2. The number of thiophene rings is 1. The molecule has 0 unspecified atom stereocenters. The normalized spacial score (nSPS) is 15.3. The van der Waals surface area contributed by atoms with Crippen molar-refractivity contribution >= 4 is 61.8 Å². The highest BCUT2D eigenvalue weighted by molar-refractivity contribution is 7.93. The summed E-state index contributed by atoms with van der Waals surface area (Å²) in [6.45, 7) is 0.372. The largest absolute Gasteiger partial charge is 0.506 e. The van der Waals surface area contributed by atoms with Crippen LogP contribution in [0.15, 0.2) is 48.5 Å². The molecule has 2 heterocycles. The number of nitrogens with one attached hydrogen (secondary N) is 1. The summed E-state index contributed by atoms with van der Waals surface area (Å²) in [6, 6.07) is 12.9. The number of carbonyl (C=O) groups excluding carboxylic acids is 1. The number of amides is 1. The van der Waals surface area contributed by atoms with Crippen LogP contribution in [0.2, 0.25) is 10.0 Å². The second-order valence-electron chi connectivity index (χ2n) is 6.72. The molecule has 1 aromatic heterocycles. The van der Waals surface area contributed by atoms with Crippen LogP contribution >= 0.6 is 34.5 Å². The Labute approximate surface area is 187 Å². The van der Waals surface area contributed by atoms with Crippen LogP contribution in [0.5, 0.6) is 5.75 Å². The minimum atomic E-state index is -3.37. The number of nitrogens with zero attached hydrogens (tertiary/aromatic N) is 1. The van der Waals surface area contributed by atoms with E-state index < -0.39 is 15.9 Å². The van der Waals surface area contributed by atoms with Crippen LogP contribution in [0.1, 0.15) is 16.1 Å². The molecule has 0 saturated carbocycles. The van der Waals surface area contributed by atoms with Gasteiger partial charge in [-0.25, -0.2) is 8.42 Å². The van der Waals surface area contributed by atoms with Gasteiger partial charge in [0, 0.05) is 21.5 Å². The molecule has 30 heavy (non-hydrogen) atoms. The number of rotatable bonds is 4. The molecular formula is C20H16Cl2N2O4S2. The zero-order valence-corrected chi connectivity index (χ0v) is 18.6. The van der Waals surface area contributed by atoms with Crippen molar-refractivity contribution in [2.45, 2.75) is 6.42 Å². The number of anilines is 2. The van der Waals surface area contributed by atoms with Gasteiger partial charge in [0.1, 0.15) is 5.75 Å². The van der Waals surface area contributed by atoms with E-state index in [9.17, 15) is 18.3 Å². The summed E-state index contributed by atoms with van der Waals surface area (Å²) >= 11 is 13.3. The van der Waals surface area contributed by atoms with Gasteiger partial charge >= 0.3 is 0 Å². The molecule has 2 N–H and O–H groups in total. The van der Waals surface area contributed by atoms with Crippen molar-refractivity contribution in [1.29, 1.82) is 0 Å². The molecule has 0 radical (unpaired) electrons. The van der Waals surface area contributed by atoms with Crippen molar-refractivity contribution in [3.63, 3.8) is 0 Å². The molecule has 6 nitrogen and oxygen atoms in total. The van der Waals surface area contributed by atoms with E-state index in [-0.39, 0.29) is 17.2 Å². The summed E-state index contributed by atoms with van der Waals surface area (Å²) in [5.74, 6) is -0.487. The van der Waals surface area contributed by atoms with Crippen molar-refractivity contribution in [2.24, 2.45) is 0 Å². The van der Waals surface area contributed by atoms with Crippen molar-refractivity contribution in [1.82, 2.24) is 0 Å². The van der Waals surface area contributed by atoms with Crippen LogP contribution in [-0.2, 0) is 10.0 Å². The first kappa shape index (κ1) is 21.0. The maximum Gasteiger partial charge on any atom is 0.265 e. The Balaban J connectivity index is 1.57. The van der Waals surface area contributed by atoms with Crippen LogP contribution in [-0.4, -0.2) is 31.7 Å². The lowest BCUT2D eigenvalue weighted by atomic mass is 10.2. The number of hydrogen-bond acceptors (Lipinski definition) is 5. The van der Waals surface area contributed by atoms with Crippen LogP contribution in [0.4, 0.5) is 11.4 Å². The number of aromatic hydroxyl groups is 1. The van der Waals surface area contributed by atoms with E-state index in [1.807, 2.05) is 0 Å². The lowest BCUT2D eigenvalue weighted by Gasteiger charge is -2.18. The molecule has 1 aliphatic heterocycles. The zero-order valence-electron chi connectivity index (χ0n) is 15.4. The van der Waals surface area contributed by atoms with E-state index in [1.54, 1.807) is 30.3 Å². The molecule has 1 amide bonds. The van der Waals surface area contributed by atoms with E-state index >= 15 is 0 Å². The Bertz CT molecular complexity index is 1220. The molecule has 156 valence electrons. The highest BCUT2D eigenvalue weighted by Gasteiger charge is 2.29. The minimum Gasteiger partial charge on any atom is -0.506 e. The molecule has 0 aliphatic carbocycles. The van der Waals surface area contributed by atoms with Crippen LogP contribution in [0.25, 0.3) is 10.4 Å². The Morgan fingerprint density at radius 2 is 1.80 bits per heavy atom. The van der Waals surface area contributed by atoms with E-state index in [0.29, 0.717) is 33.6 Å². The van der Waals surface area contributed by atoms with E-state index in [1.165, 1.54) is 33.8 Å². The monoisotopic (exact) mass is 482 g/mol. The third-order valence-corrected chi connectivity index (χ3v) is 8.03. The average molecular weight is 483 g/mol. The van der Waals surface area contributed by atoms with Gasteiger partial charge in [0.05, 0.1) is 22.0 Å². The van der Waals surface area contributed by atoms with E-state index in [0.717, 1.165) is 10.4 Å². The third kappa shape index (κ3) is 4.27. The summed E-state index contributed by atoms with van der Waals surface area (Å²) < 4.78 is 25.6. The number of phenols is 1. The zero-order chi connectivity index (χ0) is 21.5. The number of benzene rings is 2. The average Bonchev–Trinajstić information content (AvgIpc) is 3.29. The Morgan fingerprint density at radius 1 is 1.07 bits per heavy atom. The van der Waals surface area contributed by atoms with Gasteiger partial charge in [-0.15, -0.1) is 11.3 Å². The Morgan fingerprint density at radius 3 is 2.47 bits per heavy atom. The van der Waals surface area contributed by atoms with Gasteiger partial charge in [0.15, 0.2) is 0 Å². The lowest BCUT2D eigenvalue weighted by molar-refractivity contribution is 0.103. The maximum absolute atomic E-state index is 12.7. The maximum atomic E-state index is 12.7. The molecule has 1 saturated heterocycles. The predicted molar refractivity (Wildman–Crippen MR) is 122 cm³/mol. The molecule has 0 bridgehead atoms. The van der Waals surface area contributed by atoms with Crippen LogP contribution in [0, 0.1) is 0 Å². The fraction of sp³-hybridized carbons (Fsp3) is 0.150. The number of carbonyl (C=O) groups is 1. The standard InChI is InChI=1S/C20H16Cl2N2O4S2/c21-13-8-12(9-14(22)10-13)18-4-5-19(29-18)20(26)23-16-11-15(2-3-17(16)25)24-6-1-7-30(24,27)28/h2-5,8-11,25H,1,6-7H2,(H,23,26). The minimum absolute atomic E-state index is 0.0844. The first-order valence-corrected chi connectivity index (χ1v) is 12.1. The summed E-state index contributed by atoms with van der Waals surface area (Å²) in [7, 11) is -3.37. The van der Waals surface area contributed by atoms with Gasteiger partial charge in [-0.05, 0) is 60.5 Å². The summed E-state index contributed by atoms with van der Waals surface area (Å²) in [5, 5.41) is 13.8. The molecule has 3 aromatic rings. The number of phenolic OH excluding ortho intramolecular Hbond substituents is 1. The van der Waals surface area contributed by atoms with Crippen LogP contribution in [0.3, 0.4) is 0 Å². The summed E-state index contributed by atoms with van der Waals surface area (Å²) in [4.78, 5) is 13.9. The fourth-order valence-electron chi connectivity index (χ4n) is 3.20. The molecule has 0 atom stereocenters. The molecular weight excluding hydrogens is 467 g/mol. The van der Waals surface area contributed by atoms with Crippen molar-refractivity contribution in [3.8, 4) is 16.2 Å². The highest BCUT2D eigenvalue weighted by Crippen LogP contribution is 2.35. The second kappa shape index (κ2) is 8.11. The van der Waals surface area contributed by atoms with E-state index in [4.69, 9.17) is 23.2 Å². The third-order valence-electron chi connectivity index (χ3n) is 4.59. The van der Waals surface area contributed by atoms with Crippen molar-refractivity contribution in [2.75, 3.05) is 21.9 Å². The van der Waals surface area contributed by atoms with Gasteiger partial charge in [-0.2, -0.15) is 0 Å². The summed E-state index contributed by atoms with van der Waals surface area (Å²) in [6.07, 6.45) is 0.538. The lowest BCUT2D eigenvalue weighted by Crippen LogP contribution is -2.25. The van der Waals surface area contributed by atoms with Gasteiger partial charge < -0.3 is 10.4 Å². The van der Waals surface area contributed by atoms with Gasteiger partial charge in [-0.1, -0.05) is 23.2 Å². The second-order valence-corrected chi connectivity index (χ2v) is 10.7. The number of halogens is 2. The Kier molecular flexibility index (Phi) is 5.67. The first-order valence-electron chi connectivity index (χ1n) is 8.94. The Hall–Kier alpha value is -2.26. The van der Waals surface area contributed by atoms with Crippen molar-refractivity contribution < 1.29 is 18.3 Å². The topological polar surface area (TPSA) is 86.7 Å². The molecule has 10 heteroatoms.